The van der Waals surface area contributed by atoms with Crippen LogP contribution in [0.4, 0.5) is 26.2 Å². The summed E-state index contributed by atoms with van der Waals surface area (Å²) >= 11 is 0. The number of anilines is 3. The highest BCUT2D eigenvalue weighted by molar-refractivity contribution is 5.98. The Labute approximate surface area is 263 Å². The van der Waals surface area contributed by atoms with E-state index in [-0.39, 0.29) is 29.7 Å². The Morgan fingerprint density at radius 1 is 0.933 bits per heavy atom. The first-order chi connectivity index (χ1) is 21.5. The maximum atomic E-state index is 14.4. The van der Waals surface area contributed by atoms with E-state index < -0.39 is 23.6 Å². The lowest BCUT2D eigenvalue weighted by Crippen LogP contribution is -2.57. The van der Waals surface area contributed by atoms with Crippen LogP contribution in [0, 0.1) is 11.2 Å². The van der Waals surface area contributed by atoms with E-state index in [9.17, 15) is 18.8 Å². The lowest BCUT2D eigenvalue weighted by atomic mass is 9.85. The average Bonchev–Trinajstić information content (AvgIpc) is 3.68. The number of benzene rings is 3. The topological polar surface area (TPSA) is 117 Å². The molecule has 238 valence electrons. The fourth-order valence-electron chi connectivity index (χ4n) is 6.49. The highest BCUT2D eigenvalue weighted by Crippen LogP contribution is 2.47. The Balaban J connectivity index is 1.32. The average molecular weight is 616 g/mol. The van der Waals surface area contributed by atoms with Crippen LogP contribution in [0.25, 0.3) is 0 Å². The van der Waals surface area contributed by atoms with Gasteiger partial charge in [-0.2, -0.15) is 0 Å². The van der Waals surface area contributed by atoms with Gasteiger partial charge in [-0.1, -0.05) is 51.1 Å². The standard InChI is InChI=1S/C35H42FN5O4/c1-35(2,3)31(39-34(44)45-4)33(43)40-20-6-9-30(40)32(42)38-26-16-12-23(13-17-26)29-19-18-28(22-10-14-25(37)15-11-22)41(29)27-8-5-7-24(36)21-27/h5,7-8,10-17,21,28-31H,6,9,18-20,37H2,1-4H3,(H,38,42)(H,39,44)/t28-,29-,30+,31-/m1/s1. The number of methoxy groups -OCH3 is 1. The van der Waals surface area contributed by atoms with E-state index in [0.29, 0.717) is 30.8 Å². The van der Waals surface area contributed by atoms with E-state index in [2.05, 4.69) is 15.5 Å². The molecular weight excluding hydrogens is 573 g/mol. The van der Waals surface area contributed by atoms with Crippen LogP contribution in [-0.4, -0.2) is 48.5 Å². The molecule has 0 bridgehead atoms. The van der Waals surface area contributed by atoms with Crippen LogP contribution < -0.4 is 21.3 Å². The zero-order valence-electron chi connectivity index (χ0n) is 26.3. The van der Waals surface area contributed by atoms with Crippen molar-refractivity contribution < 1.29 is 23.5 Å². The Kier molecular flexibility index (Phi) is 9.32. The fourth-order valence-corrected chi connectivity index (χ4v) is 6.49. The van der Waals surface area contributed by atoms with Crippen LogP contribution in [0.15, 0.2) is 72.8 Å². The molecule has 0 radical (unpaired) electrons. The zero-order valence-corrected chi connectivity index (χ0v) is 26.3. The van der Waals surface area contributed by atoms with Crippen molar-refractivity contribution >= 4 is 35.0 Å². The first-order valence-electron chi connectivity index (χ1n) is 15.4. The van der Waals surface area contributed by atoms with Crippen molar-refractivity contribution in [2.24, 2.45) is 5.41 Å². The van der Waals surface area contributed by atoms with E-state index in [1.165, 1.54) is 13.2 Å². The van der Waals surface area contributed by atoms with Crippen LogP contribution in [-0.2, 0) is 14.3 Å². The van der Waals surface area contributed by atoms with E-state index >= 15 is 0 Å². The Bertz CT molecular complexity index is 1520. The minimum absolute atomic E-state index is 0.00121. The number of nitrogen functional groups attached to an aromatic ring is 1. The molecule has 2 aliphatic heterocycles. The summed E-state index contributed by atoms with van der Waals surface area (Å²) in [5.41, 5.74) is 9.64. The first-order valence-corrected chi connectivity index (χ1v) is 15.4. The number of nitrogens with two attached hydrogens (primary N) is 1. The van der Waals surface area contributed by atoms with Gasteiger partial charge in [0.15, 0.2) is 0 Å². The largest absolute Gasteiger partial charge is 0.453 e. The lowest BCUT2D eigenvalue weighted by molar-refractivity contribution is -0.140. The molecule has 0 saturated carbocycles. The van der Waals surface area contributed by atoms with Gasteiger partial charge in [0, 0.05) is 23.6 Å². The van der Waals surface area contributed by atoms with Crippen LogP contribution >= 0.6 is 0 Å². The number of nitrogens with zero attached hydrogens (tertiary/aromatic N) is 2. The number of alkyl carbamates (subject to hydrolysis) is 1. The Hall–Kier alpha value is -4.60. The molecule has 0 unspecified atom stereocenters. The number of hydrogen-bond acceptors (Lipinski definition) is 6. The van der Waals surface area contributed by atoms with Crippen molar-refractivity contribution in [1.29, 1.82) is 0 Å². The number of likely N-dealkylation sites (tertiary alicyclic amines) is 1. The summed E-state index contributed by atoms with van der Waals surface area (Å²) in [7, 11) is 1.25. The normalized spacial score (nSPS) is 20.5. The van der Waals surface area contributed by atoms with Crippen molar-refractivity contribution in [3.8, 4) is 0 Å². The molecule has 45 heavy (non-hydrogen) atoms. The maximum absolute atomic E-state index is 14.4. The first kappa shape index (κ1) is 31.8. The summed E-state index contributed by atoms with van der Waals surface area (Å²) in [4.78, 5) is 42.8. The minimum atomic E-state index is -0.845. The predicted octanol–water partition coefficient (Wildman–Crippen LogP) is 6.19. The molecule has 5 rings (SSSR count). The van der Waals surface area contributed by atoms with E-state index in [4.69, 9.17) is 10.5 Å². The number of hydrogen-bond donors (Lipinski definition) is 3. The molecular formula is C35H42FN5O4. The third-order valence-electron chi connectivity index (χ3n) is 8.77. The summed E-state index contributed by atoms with van der Waals surface area (Å²) in [5, 5.41) is 5.63. The van der Waals surface area contributed by atoms with Gasteiger partial charge in [-0.15, -0.1) is 0 Å². The Morgan fingerprint density at radius 3 is 2.13 bits per heavy atom. The van der Waals surface area contributed by atoms with E-state index in [1.54, 1.807) is 17.0 Å². The number of ether oxygens (including phenoxy) is 1. The molecule has 10 heteroatoms. The van der Waals surface area contributed by atoms with Crippen molar-refractivity contribution in [3.63, 3.8) is 0 Å². The smallest absolute Gasteiger partial charge is 0.407 e. The summed E-state index contributed by atoms with van der Waals surface area (Å²) in [6.07, 6.45) is 2.27. The molecule has 9 nitrogen and oxygen atoms in total. The van der Waals surface area contributed by atoms with Crippen LogP contribution in [0.1, 0.15) is 69.7 Å². The van der Waals surface area contributed by atoms with Gasteiger partial charge in [0.1, 0.15) is 17.9 Å². The van der Waals surface area contributed by atoms with Gasteiger partial charge in [-0.3, -0.25) is 9.59 Å². The van der Waals surface area contributed by atoms with E-state index in [0.717, 1.165) is 29.7 Å². The molecule has 0 spiro atoms. The molecule has 0 aromatic heterocycles. The summed E-state index contributed by atoms with van der Waals surface area (Å²) in [6, 6.07) is 20.8. The predicted molar refractivity (Wildman–Crippen MR) is 173 cm³/mol. The van der Waals surface area contributed by atoms with Crippen LogP contribution in [0.3, 0.4) is 0 Å². The second-order valence-corrected chi connectivity index (χ2v) is 12.9. The van der Waals surface area contributed by atoms with Crippen molar-refractivity contribution in [1.82, 2.24) is 10.2 Å². The second kappa shape index (κ2) is 13.2. The van der Waals surface area contributed by atoms with Gasteiger partial charge in [0.25, 0.3) is 0 Å². The van der Waals surface area contributed by atoms with Crippen molar-refractivity contribution in [3.05, 3.63) is 89.7 Å². The van der Waals surface area contributed by atoms with Gasteiger partial charge in [-0.25, -0.2) is 9.18 Å². The molecule has 0 aliphatic carbocycles. The molecule has 2 fully saturated rings. The van der Waals surface area contributed by atoms with Crippen molar-refractivity contribution in [2.45, 2.75) is 70.6 Å². The SMILES string of the molecule is COC(=O)N[C@H](C(=O)N1CCC[C@H]1C(=O)Nc1ccc([C@H]2CC[C@H](c3ccc(N)cc3)N2c2cccc(F)c2)cc1)C(C)(C)C. The number of amides is 3. The van der Waals surface area contributed by atoms with Gasteiger partial charge in [0.05, 0.1) is 19.2 Å². The quantitative estimate of drug-likeness (QED) is 0.273. The number of carbonyl (C=O) groups excluding carboxylic acids is 3. The van der Waals surface area contributed by atoms with Crippen LogP contribution in [0.2, 0.25) is 0 Å². The molecule has 3 aromatic carbocycles. The fraction of sp³-hybridized carbons (Fsp3) is 0.400. The molecule has 3 aromatic rings. The Morgan fingerprint density at radius 2 is 1.56 bits per heavy atom. The second-order valence-electron chi connectivity index (χ2n) is 12.9. The van der Waals surface area contributed by atoms with Gasteiger partial charge in [-0.05, 0) is 84.7 Å². The summed E-state index contributed by atoms with van der Waals surface area (Å²) in [5.74, 6) is -0.873. The summed E-state index contributed by atoms with van der Waals surface area (Å²) in [6.45, 7) is 6.00. The number of halogens is 1. The van der Waals surface area contributed by atoms with Gasteiger partial charge >= 0.3 is 6.09 Å². The van der Waals surface area contributed by atoms with E-state index in [1.807, 2.05) is 75.4 Å². The number of carbonyl (C=O) groups is 3. The minimum Gasteiger partial charge on any atom is -0.453 e. The lowest BCUT2D eigenvalue weighted by Gasteiger charge is -2.35. The molecule has 2 aliphatic rings. The summed E-state index contributed by atoms with van der Waals surface area (Å²) < 4.78 is 19.1. The van der Waals surface area contributed by atoms with Crippen molar-refractivity contribution in [2.75, 3.05) is 29.6 Å². The molecule has 2 saturated heterocycles. The third kappa shape index (κ3) is 7.05. The number of nitrogens with one attached hydrogen (secondary N) is 2. The van der Waals surface area contributed by atoms with Gasteiger partial charge in [0.2, 0.25) is 11.8 Å². The highest BCUT2D eigenvalue weighted by Gasteiger charge is 2.42. The highest BCUT2D eigenvalue weighted by atomic mass is 19.1. The monoisotopic (exact) mass is 615 g/mol. The molecule has 3 amide bonds. The molecule has 4 atom stereocenters. The zero-order chi connectivity index (χ0) is 32.3. The molecule has 4 N–H and O–H groups in total. The third-order valence-corrected chi connectivity index (χ3v) is 8.77. The van der Waals surface area contributed by atoms with Crippen LogP contribution in [0.5, 0.6) is 0 Å². The maximum Gasteiger partial charge on any atom is 0.407 e. The molecule has 2 heterocycles. The number of rotatable bonds is 7. The van der Waals surface area contributed by atoms with Gasteiger partial charge < -0.3 is 30.9 Å².